The summed E-state index contributed by atoms with van der Waals surface area (Å²) in [6.45, 7) is 3.12. The predicted molar refractivity (Wildman–Crippen MR) is 55.3 cm³/mol. The molecular weight excluding hydrogens is 200 g/mol. The number of alkyl halides is 2. The van der Waals surface area contributed by atoms with Crippen molar-refractivity contribution < 1.29 is 13.5 Å². The number of benzene rings is 1. The third-order valence-corrected chi connectivity index (χ3v) is 2.39. The van der Waals surface area contributed by atoms with Gasteiger partial charge < -0.3 is 10.5 Å². The first kappa shape index (κ1) is 11.9. The van der Waals surface area contributed by atoms with Gasteiger partial charge in [-0.15, -0.1) is 0 Å². The van der Waals surface area contributed by atoms with Crippen LogP contribution in [0.5, 0.6) is 5.75 Å². The number of halogens is 2. The van der Waals surface area contributed by atoms with Crippen LogP contribution >= 0.6 is 0 Å². The molecule has 1 unspecified atom stereocenters. The molecule has 0 aromatic heterocycles. The third-order valence-electron chi connectivity index (χ3n) is 2.39. The van der Waals surface area contributed by atoms with Crippen molar-refractivity contribution in [3.05, 3.63) is 29.3 Å². The van der Waals surface area contributed by atoms with E-state index in [0.29, 0.717) is 11.3 Å². The van der Waals surface area contributed by atoms with Gasteiger partial charge in [-0.3, -0.25) is 0 Å². The monoisotopic (exact) mass is 215 g/mol. The van der Waals surface area contributed by atoms with E-state index in [1.54, 1.807) is 18.2 Å². The maximum Gasteiger partial charge on any atom is 0.260 e. The average Bonchev–Trinajstić information content (AvgIpc) is 2.17. The summed E-state index contributed by atoms with van der Waals surface area (Å²) in [5.41, 5.74) is 5.12. The van der Waals surface area contributed by atoms with E-state index < -0.39 is 12.0 Å². The zero-order valence-corrected chi connectivity index (χ0v) is 9.05. The molecular formula is C11H15F2NO. The van der Waals surface area contributed by atoms with E-state index in [4.69, 9.17) is 10.5 Å². The van der Waals surface area contributed by atoms with Gasteiger partial charge in [-0.1, -0.05) is 17.7 Å². The SMILES string of the molecule is COc1ccc(C)cc1C(C)(N)C(F)F. The minimum Gasteiger partial charge on any atom is -0.496 e. The Kier molecular flexibility index (Phi) is 3.29. The maximum atomic E-state index is 12.8. The Balaban J connectivity index is 3.28. The highest BCUT2D eigenvalue weighted by Gasteiger charge is 2.35. The smallest absolute Gasteiger partial charge is 0.260 e. The van der Waals surface area contributed by atoms with Gasteiger partial charge in [0, 0.05) is 5.56 Å². The largest absolute Gasteiger partial charge is 0.496 e. The lowest BCUT2D eigenvalue weighted by Gasteiger charge is -2.26. The van der Waals surface area contributed by atoms with E-state index >= 15 is 0 Å². The maximum absolute atomic E-state index is 12.8. The minimum absolute atomic E-state index is 0.333. The molecule has 0 aliphatic heterocycles. The highest BCUT2D eigenvalue weighted by molar-refractivity contribution is 5.41. The van der Waals surface area contributed by atoms with Gasteiger partial charge in [0.2, 0.25) is 0 Å². The second-order valence-corrected chi connectivity index (χ2v) is 3.79. The van der Waals surface area contributed by atoms with E-state index in [-0.39, 0.29) is 0 Å². The molecule has 0 bridgehead atoms. The first-order chi connectivity index (χ1) is 6.89. The van der Waals surface area contributed by atoms with Crippen molar-refractivity contribution in [3.8, 4) is 5.75 Å². The van der Waals surface area contributed by atoms with Crippen LogP contribution in [0.4, 0.5) is 8.78 Å². The summed E-state index contributed by atoms with van der Waals surface area (Å²) >= 11 is 0. The first-order valence-electron chi connectivity index (χ1n) is 4.61. The predicted octanol–water partition coefficient (Wildman–Crippen LogP) is 2.44. The summed E-state index contributed by atoms with van der Waals surface area (Å²) < 4.78 is 30.6. The van der Waals surface area contributed by atoms with Gasteiger partial charge in [0.15, 0.2) is 0 Å². The van der Waals surface area contributed by atoms with Crippen molar-refractivity contribution in [1.29, 1.82) is 0 Å². The summed E-state index contributed by atoms with van der Waals surface area (Å²) in [5, 5.41) is 0. The van der Waals surface area contributed by atoms with Gasteiger partial charge in [0.05, 0.1) is 7.11 Å². The van der Waals surface area contributed by atoms with Crippen LogP contribution in [0.25, 0.3) is 0 Å². The van der Waals surface area contributed by atoms with Crippen LogP contribution in [0.15, 0.2) is 18.2 Å². The molecule has 0 aliphatic rings. The molecule has 4 heteroatoms. The molecule has 84 valence electrons. The topological polar surface area (TPSA) is 35.2 Å². The molecule has 0 aliphatic carbocycles. The molecule has 0 amide bonds. The second kappa shape index (κ2) is 4.14. The van der Waals surface area contributed by atoms with Crippen LogP contribution < -0.4 is 10.5 Å². The lowest BCUT2D eigenvalue weighted by Crippen LogP contribution is -2.41. The molecule has 0 fully saturated rings. The minimum atomic E-state index is -2.63. The van der Waals surface area contributed by atoms with Crippen molar-refractivity contribution in [1.82, 2.24) is 0 Å². The van der Waals surface area contributed by atoms with Crippen molar-refractivity contribution in [2.75, 3.05) is 7.11 Å². The third kappa shape index (κ3) is 2.26. The highest BCUT2D eigenvalue weighted by atomic mass is 19.3. The molecule has 0 saturated carbocycles. The normalized spacial score (nSPS) is 15.1. The van der Waals surface area contributed by atoms with E-state index in [9.17, 15) is 8.78 Å². The number of nitrogens with two attached hydrogens (primary N) is 1. The Morgan fingerprint density at radius 2 is 2.00 bits per heavy atom. The van der Waals surface area contributed by atoms with Gasteiger partial charge in [-0.25, -0.2) is 8.78 Å². The fourth-order valence-corrected chi connectivity index (χ4v) is 1.36. The zero-order valence-electron chi connectivity index (χ0n) is 9.05. The zero-order chi connectivity index (χ0) is 11.6. The molecule has 0 heterocycles. The molecule has 0 radical (unpaired) electrons. The molecule has 1 aromatic rings. The molecule has 1 rings (SSSR count). The van der Waals surface area contributed by atoms with Crippen molar-refractivity contribution in [2.24, 2.45) is 5.73 Å². The fourth-order valence-electron chi connectivity index (χ4n) is 1.36. The average molecular weight is 215 g/mol. The van der Waals surface area contributed by atoms with Gasteiger partial charge >= 0.3 is 0 Å². The highest BCUT2D eigenvalue weighted by Crippen LogP contribution is 2.33. The number of rotatable bonds is 3. The van der Waals surface area contributed by atoms with Crippen molar-refractivity contribution in [3.63, 3.8) is 0 Å². The van der Waals surface area contributed by atoms with Crippen LogP contribution in [0.2, 0.25) is 0 Å². The molecule has 1 atom stereocenters. The Morgan fingerprint density at radius 3 is 2.47 bits per heavy atom. The van der Waals surface area contributed by atoms with Crippen LogP contribution in [0.1, 0.15) is 18.1 Å². The molecule has 0 spiro atoms. The van der Waals surface area contributed by atoms with E-state index in [1.807, 2.05) is 6.92 Å². The number of hydrogen-bond donors (Lipinski definition) is 1. The number of ether oxygens (including phenoxy) is 1. The molecule has 0 saturated heterocycles. The van der Waals surface area contributed by atoms with Crippen LogP contribution in [-0.2, 0) is 5.54 Å². The molecule has 15 heavy (non-hydrogen) atoms. The molecule has 2 N–H and O–H groups in total. The second-order valence-electron chi connectivity index (χ2n) is 3.79. The van der Waals surface area contributed by atoms with Crippen LogP contribution in [0.3, 0.4) is 0 Å². The summed E-state index contributed by atoms with van der Waals surface area (Å²) in [6.07, 6.45) is -2.63. The number of aryl methyl sites for hydroxylation is 1. The van der Waals surface area contributed by atoms with Gasteiger partial charge in [0.1, 0.15) is 11.3 Å². The van der Waals surface area contributed by atoms with Crippen LogP contribution in [-0.4, -0.2) is 13.5 Å². The summed E-state index contributed by atoms with van der Waals surface area (Å²) in [5.74, 6) is 0.394. The number of hydrogen-bond acceptors (Lipinski definition) is 2. The summed E-state index contributed by atoms with van der Waals surface area (Å²) in [4.78, 5) is 0. The Hall–Kier alpha value is -1.16. The standard InChI is InChI=1S/C11H15F2NO/c1-7-4-5-9(15-3)8(6-7)11(2,14)10(12)13/h4-6,10H,14H2,1-3H3. The summed E-state index contributed by atoms with van der Waals surface area (Å²) in [7, 11) is 1.44. The van der Waals surface area contributed by atoms with E-state index in [1.165, 1.54) is 14.0 Å². The van der Waals surface area contributed by atoms with E-state index in [2.05, 4.69) is 0 Å². The van der Waals surface area contributed by atoms with E-state index in [0.717, 1.165) is 5.56 Å². The number of methoxy groups -OCH3 is 1. The van der Waals surface area contributed by atoms with Crippen LogP contribution in [0, 0.1) is 6.92 Å². The van der Waals surface area contributed by atoms with Gasteiger partial charge in [-0.05, 0) is 19.9 Å². The van der Waals surface area contributed by atoms with Gasteiger partial charge in [0.25, 0.3) is 6.43 Å². The lowest BCUT2D eigenvalue weighted by molar-refractivity contribution is 0.0610. The first-order valence-corrected chi connectivity index (χ1v) is 4.61. The summed E-state index contributed by atoms with van der Waals surface area (Å²) in [6, 6.07) is 5.08. The van der Waals surface area contributed by atoms with Crippen molar-refractivity contribution in [2.45, 2.75) is 25.8 Å². The fraction of sp³-hybridized carbons (Fsp3) is 0.455. The Bertz CT molecular complexity index is 350. The Morgan fingerprint density at radius 1 is 1.40 bits per heavy atom. The van der Waals surface area contributed by atoms with Gasteiger partial charge in [-0.2, -0.15) is 0 Å². The van der Waals surface area contributed by atoms with Crippen molar-refractivity contribution >= 4 is 0 Å². The molecule has 1 aromatic carbocycles. The Labute approximate surface area is 88.0 Å². The lowest BCUT2D eigenvalue weighted by atomic mass is 9.91. The molecule has 2 nitrogen and oxygen atoms in total. The quantitative estimate of drug-likeness (QED) is 0.840.